The Morgan fingerprint density at radius 1 is 1.21 bits per heavy atom. The lowest BCUT2D eigenvalue weighted by Crippen LogP contribution is -2.25. The summed E-state index contributed by atoms with van der Waals surface area (Å²) >= 11 is 1.43. The number of hydrogen-bond acceptors (Lipinski definition) is 4. The van der Waals surface area contributed by atoms with Crippen molar-refractivity contribution in [1.29, 1.82) is 0 Å². The van der Waals surface area contributed by atoms with Crippen LogP contribution in [0.25, 0.3) is 11.6 Å². The molecule has 0 radical (unpaired) electrons. The van der Waals surface area contributed by atoms with Gasteiger partial charge in [-0.1, -0.05) is 18.2 Å². The van der Waals surface area contributed by atoms with Crippen molar-refractivity contribution in [1.82, 2.24) is 4.90 Å². The molecule has 1 fully saturated rings. The number of thiophene rings is 1. The fourth-order valence-electron chi connectivity index (χ4n) is 2.80. The molecule has 2 aromatic rings. The zero-order chi connectivity index (χ0) is 16.8. The third kappa shape index (κ3) is 4.46. The first-order chi connectivity index (χ1) is 11.7. The van der Waals surface area contributed by atoms with Crippen LogP contribution in [0.1, 0.15) is 23.3 Å². The number of carboxylic acids is 1. The van der Waals surface area contributed by atoms with E-state index >= 15 is 0 Å². The number of hydrogen-bond donors (Lipinski definition) is 1. The molecule has 0 spiro atoms. The van der Waals surface area contributed by atoms with E-state index in [0.29, 0.717) is 12.2 Å². The van der Waals surface area contributed by atoms with Gasteiger partial charge in [0.1, 0.15) is 12.4 Å². The predicted octanol–water partition coefficient (Wildman–Crippen LogP) is 3.85. The summed E-state index contributed by atoms with van der Waals surface area (Å²) in [6.07, 6.45) is 4.27. The van der Waals surface area contributed by atoms with Crippen LogP contribution in [0.5, 0.6) is 5.75 Å². The van der Waals surface area contributed by atoms with Crippen LogP contribution in [0.4, 0.5) is 0 Å². The molecule has 3 rings (SSSR count). The third-order valence-corrected chi connectivity index (χ3v) is 4.99. The Hall–Kier alpha value is -2.11. The average Bonchev–Trinajstić information content (AvgIpc) is 3.27. The molecule has 1 aromatic carbocycles. The molecule has 1 aromatic heterocycles. The number of carbonyl (C=O) groups is 1. The summed E-state index contributed by atoms with van der Waals surface area (Å²) in [5.41, 5.74) is 1.17. The Balaban J connectivity index is 1.60. The average molecular weight is 343 g/mol. The number of nitrogens with zero attached hydrogens (tertiary/aromatic N) is 1. The largest absolute Gasteiger partial charge is 0.492 e. The first-order valence-corrected chi connectivity index (χ1v) is 9.04. The number of benzene rings is 1. The van der Waals surface area contributed by atoms with E-state index in [1.165, 1.54) is 37.3 Å². The minimum atomic E-state index is -0.914. The Bertz CT molecular complexity index is 686. The fourth-order valence-corrected chi connectivity index (χ4v) is 3.53. The number of carboxylic acid groups (broad SMARTS) is 1. The summed E-state index contributed by atoms with van der Waals surface area (Å²) in [7, 11) is 0. The van der Waals surface area contributed by atoms with Gasteiger partial charge in [0.25, 0.3) is 0 Å². The van der Waals surface area contributed by atoms with Crippen molar-refractivity contribution >= 4 is 29.0 Å². The fraction of sp³-hybridized carbons (Fsp3) is 0.316. The summed E-state index contributed by atoms with van der Waals surface area (Å²) in [5, 5.41) is 11.3. The van der Waals surface area contributed by atoms with Crippen molar-refractivity contribution in [3.63, 3.8) is 0 Å². The van der Waals surface area contributed by atoms with Crippen LogP contribution in [0.15, 0.2) is 41.8 Å². The van der Waals surface area contributed by atoms with Crippen molar-refractivity contribution in [2.24, 2.45) is 0 Å². The van der Waals surface area contributed by atoms with E-state index in [0.717, 1.165) is 22.7 Å². The highest BCUT2D eigenvalue weighted by Gasteiger charge is 2.12. The maximum absolute atomic E-state index is 11.4. The van der Waals surface area contributed by atoms with Crippen molar-refractivity contribution < 1.29 is 14.6 Å². The van der Waals surface area contributed by atoms with E-state index in [9.17, 15) is 9.90 Å². The van der Waals surface area contributed by atoms with Crippen LogP contribution in [0.3, 0.4) is 0 Å². The van der Waals surface area contributed by atoms with E-state index in [4.69, 9.17) is 4.74 Å². The monoisotopic (exact) mass is 343 g/mol. The molecule has 4 nitrogen and oxygen atoms in total. The molecule has 0 saturated carbocycles. The van der Waals surface area contributed by atoms with Crippen LogP contribution < -0.4 is 4.74 Å². The molecule has 1 N–H and O–H groups in total. The highest BCUT2D eigenvalue weighted by Crippen LogP contribution is 2.24. The topological polar surface area (TPSA) is 49.8 Å². The molecule has 0 atom stereocenters. The van der Waals surface area contributed by atoms with Crippen LogP contribution >= 0.6 is 11.3 Å². The van der Waals surface area contributed by atoms with Gasteiger partial charge in [-0.3, -0.25) is 4.90 Å². The second kappa shape index (κ2) is 8.13. The number of likely N-dealkylation sites (tertiary alicyclic amines) is 1. The minimum Gasteiger partial charge on any atom is -0.492 e. The van der Waals surface area contributed by atoms with Gasteiger partial charge < -0.3 is 9.84 Å². The minimum absolute atomic E-state index is 0.313. The summed E-state index contributed by atoms with van der Waals surface area (Å²) < 4.78 is 5.77. The molecule has 0 bridgehead atoms. The quantitative estimate of drug-likeness (QED) is 0.776. The summed E-state index contributed by atoms with van der Waals surface area (Å²) in [4.78, 5) is 14.6. The van der Waals surface area contributed by atoms with E-state index in [-0.39, 0.29) is 0 Å². The van der Waals surface area contributed by atoms with Crippen LogP contribution in [0, 0.1) is 0 Å². The lowest BCUT2D eigenvalue weighted by atomic mass is 10.1. The third-order valence-electron chi connectivity index (χ3n) is 4.08. The summed E-state index contributed by atoms with van der Waals surface area (Å²) in [6, 6.07) is 11.2. The Labute approximate surface area is 146 Å². The van der Waals surface area contributed by atoms with Crippen molar-refractivity contribution in [2.45, 2.75) is 12.8 Å². The smallest absolute Gasteiger partial charge is 0.337 e. The van der Waals surface area contributed by atoms with Gasteiger partial charge in [-0.05, 0) is 61.1 Å². The SMILES string of the molecule is O=C(O)/C(=C\c1ccc(OCCN2CCCC2)cc1)c1cccs1. The molecule has 0 aliphatic carbocycles. The predicted molar refractivity (Wildman–Crippen MR) is 97.4 cm³/mol. The first-order valence-electron chi connectivity index (χ1n) is 8.16. The van der Waals surface area contributed by atoms with Gasteiger partial charge in [0, 0.05) is 11.4 Å². The van der Waals surface area contributed by atoms with Gasteiger partial charge in [0.15, 0.2) is 0 Å². The van der Waals surface area contributed by atoms with Crippen molar-refractivity contribution in [2.75, 3.05) is 26.2 Å². The molecule has 1 aliphatic heterocycles. The highest BCUT2D eigenvalue weighted by molar-refractivity contribution is 7.11. The number of rotatable bonds is 7. The first kappa shape index (κ1) is 16.7. The maximum Gasteiger partial charge on any atom is 0.337 e. The molecular weight excluding hydrogens is 322 g/mol. The maximum atomic E-state index is 11.4. The molecular formula is C19H21NO3S. The van der Waals surface area contributed by atoms with Gasteiger partial charge >= 0.3 is 5.97 Å². The van der Waals surface area contributed by atoms with Gasteiger partial charge in [-0.25, -0.2) is 4.79 Å². The van der Waals surface area contributed by atoms with Gasteiger partial charge in [-0.15, -0.1) is 11.3 Å². The van der Waals surface area contributed by atoms with E-state index < -0.39 is 5.97 Å². The Kier molecular flexibility index (Phi) is 5.67. The lowest BCUT2D eigenvalue weighted by Gasteiger charge is -2.14. The second-order valence-corrected chi connectivity index (χ2v) is 6.75. The van der Waals surface area contributed by atoms with E-state index in [2.05, 4.69) is 4.90 Å². The second-order valence-electron chi connectivity index (χ2n) is 5.81. The molecule has 2 heterocycles. The molecule has 1 saturated heterocycles. The molecule has 24 heavy (non-hydrogen) atoms. The van der Waals surface area contributed by atoms with E-state index in [1.807, 2.05) is 41.8 Å². The standard InChI is InChI=1S/C19H21NO3S/c21-19(22)17(18-4-3-13-24-18)14-15-5-7-16(8-6-15)23-12-11-20-9-1-2-10-20/h3-8,13-14H,1-2,9-12H2,(H,21,22)/b17-14-. The van der Waals surface area contributed by atoms with Gasteiger partial charge in [0.05, 0.1) is 5.57 Å². The molecule has 1 aliphatic rings. The molecule has 5 heteroatoms. The molecule has 0 amide bonds. The van der Waals surface area contributed by atoms with Gasteiger partial charge in [0.2, 0.25) is 0 Å². The van der Waals surface area contributed by atoms with Crippen LogP contribution in [-0.2, 0) is 4.79 Å². The normalized spacial score (nSPS) is 15.6. The highest BCUT2D eigenvalue weighted by atomic mass is 32.1. The van der Waals surface area contributed by atoms with Crippen LogP contribution in [0.2, 0.25) is 0 Å². The zero-order valence-electron chi connectivity index (χ0n) is 13.5. The van der Waals surface area contributed by atoms with Crippen molar-refractivity contribution in [3.8, 4) is 5.75 Å². The zero-order valence-corrected chi connectivity index (χ0v) is 14.3. The van der Waals surface area contributed by atoms with Crippen molar-refractivity contribution in [3.05, 3.63) is 52.2 Å². The molecule has 126 valence electrons. The summed E-state index contributed by atoms with van der Waals surface area (Å²) in [5.74, 6) is -0.0947. The van der Waals surface area contributed by atoms with E-state index in [1.54, 1.807) is 6.08 Å². The van der Waals surface area contributed by atoms with Crippen LogP contribution in [-0.4, -0.2) is 42.2 Å². The summed E-state index contributed by atoms with van der Waals surface area (Å²) in [6.45, 7) is 4.00. The Morgan fingerprint density at radius 2 is 1.96 bits per heavy atom. The number of ether oxygens (including phenoxy) is 1. The van der Waals surface area contributed by atoms with Gasteiger partial charge in [-0.2, -0.15) is 0 Å². The lowest BCUT2D eigenvalue weighted by molar-refractivity contribution is -0.130. The molecule has 0 unspecified atom stereocenters. The Morgan fingerprint density at radius 3 is 2.58 bits per heavy atom. The number of aliphatic carboxylic acids is 1.